The van der Waals surface area contributed by atoms with E-state index in [2.05, 4.69) is 25.9 Å². The molecule has 1 rings (SSSR count). The predicted octanol–water partition coefficient (Wildman–Crippen LogP) is 0.375. The lowest BCUT2D eigenvalue weighted by atomic mass is 10.3. The molecule has 1 heterocycles. The Morgan fingerprint density at radius 1 is 1.44 bits per heavy atom. The third-order valence-corrected chi connectivity index (χ3v) is 2.12. The van der Waals surface area contributed by atoms with Crippen LogP contribution in [-0.2, 0) is 4.79 Å². The summed E-state index contributed by atoms with van der Waals surface area (Å²) >= 11 is 0. The number of hydrogen-bond donors (Lipinski definition) is 3. The molecular weight excluding hydrogens is 206 g/mol. The van der Waals surface area contributed by atoms with Gasteiger partial charge in [0.25, 0.3) is 0 Å². The lowest BCUT2D eigenvalue weighted by Gasteiger charge is -2.08. The van der Waals surface area contributed by atoms with E-state index < -0.39 is 0 Å². The van der Waals surface area contributed by atoms with Crippen molar-refractivity contribution in [2.24, 2.45) is 0 Å². The molecule has 16 heavy (non-hydrogen) atoms. The van der Waals surface area contributed by atoms with Gasteiger partial charge in [-0.2, -0.15) is 4.98 Å². The molecule has 0 spiro atoms. The molecule has 0 saturated heterocycles. The van der Waals surface area contributed by atoms with Crippen LogP contribution in [0.2, 0.25) is 0 Å². The molecule has 6 nitrogen and oxygen atoms in total. The van der Waals surface area contributed by atoms with Crippen molar-refractivity contribution in [2.45, 2.75) is 13.3 Å². The van der Waals surface area contributed by atoms with E-state index in [4.69, 9.17) is 0 Å². The summed E-state index contributed by atoms with van der Waals surface area (Å²) in [6.45, 7) is 2.47. The maximum atomic E-state index is 11.0. The Hall–Kier alpha value is -1.85. The second kappa shape index (κ2) is 5.89. The van der Waals surface area contributed by atoms with E-state index in [0.29, 0.717) is 18.9 Å². The molecule has 1 aromatic rings. The summed E-state index contributed by atoms with van der Waals surface area (Å²) in [4.78, 5) is 19.3. The van der Waals surface area contributed by atoms with Crippen LogP contribution in [0.5, 0.6) is 0 Å². The van der Waals surface area contributed by atoms with Gasteiger partial charge in [0.2, 0.25) is 11.9 Å². The summed E-state index contributed by atoms with van der Waals surface area (Å²) in [6, 6.07) is 0. The third-order valence-electron chi connectivity index (χ3n) is 2.12. The Morgan fingerprint density at radius 2 is 2.19 bits per heavy atom. The molecule has 0 unspecified atom stereocenters. The van der Waals surface area contributed by atoms with E-state index in [-0.39, 0.29) is 5.91 Å². The van der Waals surface area contributed by atoms with Gasteiger partial charge in [-0.1, -0.05) is 0 Å². The van der Waals surface area contributed by atoms with Crippen molar-refractivity contribution in [2.75, 3.05) is 31.3 Å². The van der Waals surface area contributed by atoms with Crippen molar-refractivity contribution in [3.05, 3.63) is 11.8 Å². The number of aromatic nitrogens is 2. The minimum absolute atomic E-state index is 0.00745. The summed E-state index contributed by atoms with van der Waals surface area (Å²) in [7, 11) is 3.39. The lowest BCUT2D eigenvalue weighted by molar-refractivity contribution is -0.120. The number of amides is 1. The highest BCUT2D eigenvalue weighted by Crippen LogP contribution is 2.11. The van der Waals surface area contributed by atoms with Gasteiger partial charge in [0, 0.05) is 38.8 Å². The summed E-state index contributed by atoms with van der Waals surface area (Å²) in [5, 5.41) is 8.53. The van der Waals surface area contributed by atoms with Crippen LogP contribution in [0.25, 0.3) is 0 Å². The Bertz CT molecular complexity index is 366. The third kappa shape index (κ3) is 3.38. The molecule has 1 amide bonds. The molecule has 3 N–H and O–H groups in total. The van der Waals surface area contributed by atoms with Crippen molar-refractivity contribution in [3.63, 3.8) is 0 Å². The summed E-state index contributed by atoms with van der Waals surface area (Å²) in [5.74, 6) is 1.32. The number of carbonyl (C=O) groups excluding carboxylic acids is 1. The molecule has 1 aromatic heterocycles. The van der Waals surface area contributed by atoms with Gasteiger partial charge in [0.15, 0.2) is 0 Å². The zero-order valence-corrected chi connectivity index (χ0v) is 9.79. The first-order valence-electron chi connectivity index (χ1n) is 5.13. The van der Waals surface area contributed by atoms with Gasteiger partial charge >= 0.3 is 0 Å². The quantitative estimate of drug-likeness (QED) is 0.672. The molecule has 0 atom stereocenters. The van der Waals surface area contributed by atoms with Gasteiger partial charge in [0.05, 0.1) is 0 Å². The van der Waals surface area contributed by atoms with Gasteiger partial charge in [0.1, 0.15) is 5.82 Å². The second-order valence-electron chi connectivity index (χ2n) is 3.33. The van der Waals surface area contributed by atoms with Crippen LogP contribution in [0, 0.1) is 6.92 Å². The predicted molar refractivity (Wildman–Crippen MR) is 63.5 cm³/mol. The van der Waals surface area contributed by atoms with Crippen molar-refractivity contribution >= 4 is 17.7 Å². The number of aryl methyl sites for hydroxylation is 1. The number of rotatable bonds is 5. The summed E-state index contributed by atoms with van der Waals surface area (Å²) < 4.78 is 0. The first-order chi connectivity index (χ1) is 7.67. The van der Waals surface area contributed by atoms with Crippen LogP contribution in [0.15, 0.2) is 6.20 Å². The number of nitrogens with zero attached hydrogens (tertiary/aromatic N) is 2. The Labute approximate surface area is 94.9 Å². The first-order valence-corrected chi connectivity index (χ1v) is 5.13. The fraction of sp³-hybridized carbons (Fsp3) is 0.500. The molecule has 0 aliphatic rings. The highest BCUT2D eigenvalue weighted by atomic mass is 16.1. The normalized spacial score (nSPS) is 9.69. The molecule has 88 valence electrons. The molecule has 0 bridgehead atoms. The highest BCUT2D eigenvalue weighted by Gasteiger charge is 2.03. The van der Waals surface area contributed by atoms with Gasteiger partial charge in [-0.15, -0.1) is 0 Å². The van der Waals surface area contributed by atoms with Gasteiger partial charge in [-0.05, 0) is 6.92 Å². The molecule has 0 fully saturated rings. The van der Waals surface area contributed by atoms with E-state index in [9.17, 15) is 4.79 Å². The van der Waals surface area contributed by atoms with Gasteiger partial charge in [-0.25, -0.2) is 4.98 Å². The van der Waals surface area contributed by atoms with Gasteiger partial charge < -0.3 is 16.0 Å². The topological polar surface area (TPSA) is 78.9 Å². The average molecular weight is 223 g/mol. The van der Waals surface area contributed by atoms with Crippen molar-refractivity contribution in [1.29, 1.82) is 0 Å². The maximum absolute atomic E-state index is 11.0. The van der Waals surface area contributed by atoms with E-state index in [1.165, 1.54) is 0 Å². The number of anilines is 2. The Balaban J connectivity index is 2.55. The second-order valence-corrected chi connectivity index (χ2v) is 3.33. The summed E-state index contributed by atoms with van der Waals surface area (Å²) in [5.41, 5.74) is 0.955. The first kappa shape index (κ1) is 12.2. The molecule has 0 aliphatic carbocycles. The van der Waals surface area contributed by atoms with Crippen LogP contribution in [0.4, 0.5) is 11.8 Å². The number of hydrogen-bond acceptors (Lipinski definition) is 5. The maximum Gasteiger partial charge on any atom is 0.224 e. The van der Waals surface area contributed by atoms with E-state index in [0.717, 1.165) is 11.4 Å². The minimum atomic E-state index is 0.00745. The van der Waals surface area contributed by atoms with E-state index >= 15 is 0 Å². The van der Waals surface area contributed by atoms with E-state index in [1.807, 2.05) is 6.92 Å². The standard InChI is InChI=1S/C10H17N5O/c1-7-6-14-10(12-3)15-9(7)13-5-4-8(16)11-2/h6H,4-5H2,1-3H3,(H,11,16)(H2,12,13,14,15). The summed E-state index contributed by atoms with van der Waals surface area (Å²) in [6.07, 6.45) is 2.16. The van der Waals surface area contributed by atoms with Crippen LogP contribution >= 0.6 is 0 Å². The zero-order chi connectivity index (χ0) is 12.0. The van der Waals surface area contributed by atoms with Crippen molar-refractivity contribution < 1.29 is 4.79 Å². The van der Waals surface area contributed by atoms with Crippen LogP contribution in [0.1, 0.15) is 12.0 Å². The fourth-order valence-corrected chi connectivity index (χ4v) is 1.16. The van der Waals surface area contributed by atoms with Gasteiger partial charge in [-0.3, -0.25) is 4.79 Å². The SMILES string of the molecule is CNC(=O)CCNc1nc(NC)ncc1C. The zero-order valence-electron chi connectivity index (χ0n) is 9.79. The van der Waals surface area contributed by atoms with Crippen LogP contribution in [0.3, 0.4) is 0 Å². The van der Waals surface area contributed by atoms with Crippen molar-refractivity contribution in [3.8, 4) is 0 Å². The lowest BCUT2D eigenvalue weighted by Crippen LogP contribution is -2.21. The average Bonchev–Trinajstić information content (AvgIpc) is 2.31. The molecule has 0 radical (unpaired) electrons. The van der Waals surface area contributed by atoms with E-state index in [1.54, 1.807) is 20.3 Å². The highest BCUT2D eigenvalue weighted by molar-refractivity contribution is 5.76. The molecule has 6 heteroatoms. The minimum Gasteiger partial charge on any atom is -0.369 e. The number of nitrogens with one attached hydrogen (secondary N) is 3. The largest absolute Gasteiger partial charge is 0.369 e. The monoisotopic (exact) mass is 223 g/mol. The molecule has 0 aliphatic heterocycles. The molecular formula is C10H17N5O. The molecule has 0 saturated carbocycles. The van der Waals surface area contributed by atoms with Crippen molar-refractivity contribution in [1.82, 2.24) is 15.3 Å². The smallest absolute Gasteiger partial charge is 0.224 e. The Morgan fingerprint density at radius 3 is 2.81 bits per heavy atom. The number of carbonyl (C=O) groups is 1. The molecule has 0 aromatic carbocycles. The van der Waals surface area contributed by atoms with Crippen LogP contribution < -0.4 is 16.0 Å². The Kier molecular flexibility index (Phi) is 4.50. The fourth-order valence-electron chi connectivity index (χ4n) is 1.16. The van der Waals surface area contributed by atoms with Crippen LogP contribution in [-0.4, -0.2) is 36.5 Å².